The molecule has 3 rings (SSSR count). The fraction of sp³-hybridized carbons (Fsp3) is 0.211. The van der Waals surface area contributed by atoms with Gasteiger partial charge in [0, 0.05) is 17.1 Å². The van der Waals surface area contributed by atoms with E-state index in [9.17, 15) is 4.21 Å². The molecule has 0 aliphatic heterocycles. The van der Waals surface area contributed by atoms with E-state index >= 15 is 0 Å². The van der Waals surface area contributed by atoms with E-state index in [1.165, 1.54) is 5.56 Å². The first kappa shape index (κ1) is 16.6. The van der Waals surface area contributed by atoms with Crippen molar-refractivity contribution in [2.24, 2.45) is 5.14 Å². The van der Waals surface area contributed by atoms with Gasteiger partial charge in [-0.25, -0.2) is 9.35 Å². The maximum Gasteiger partial charge on any atom is 0.124 e. The van der Waals surface area contributed by atoms with Gasteiger partial charge in [-0.05, 0) is 56.2 Å². The lowest BCUT2D eigenvalue weighted by Gasteiger charge is -2.20. The lowest BCUT2D eigenvalue weighted by atomic mass is 9.99. The Morgan fingerprint density at radius 3 is 2.62 bits per heavy atom. The molecule has 2 unspecified atom stereocenters. The molecule has 0 saturated heterocycles. The number of benzene rings is 2. The Morgan fingerprint density at radius 1 is 1.12 bits per heavy atom. The maximum atomic E-state index is 11.7. The van der Waals surface area contributed by atoms with E-state index in [4.69, 9.17) is 5.14 Å². The molecule has 0 saturated carbocycles. The molecule has 5 heteroatoms. The second-order valence-corrected chi connectivity index (χ2v) is 7.07. The lowest BCUT2D eigenvalue weighted by molar-refractivity contribution is 0.684. The number of nitrogens with zero attached hydrogens (tertiary/aromatic N) is 1. The molecule has 0 fully saturated rings. The number of nitrogens with one attached hydrogen (secondary N) is 1. The highest BCUT2D eigenvalue weighted by atomic mass is 32.2. The molecular weight excluding hydrogens is 318 g/mol. The van der Waals surface area contributed by atoms with Gasteiger partial charge >= 0.3 is 0 Å². The summed E-state index contributed by atoms with van der Waals surface area (Å²) in [7, 11) is -1.52. The number of hydrogen-bond donors (Lipinski definition) is 2. The third-order valence-corrected chi connectivity index (χ3v) is 4.85. The molecule has 2 aromatic carbocycles. The zero-order chi connectivity index (χ0) is 17.3. The van der Waals surface area contributed by atoms with Crippen LogP contribution in [0.5, 0.6) is 0 Å². The van der Waals surface area contributed by atoms with Gasteiger partial charge in [0.05, 0.1) is 16.1 Å². The molecule has 3 N–H and O–H groups in total. The minimum Gasteiger partial charge on any atom is -0.377 e. The van der Waals surface area contributed by atoms with E-state index in [-0.39, 0.29) is 6.04 Å². The number of anilines is 1. The quantitative estimate of drug-likeness (QED) is 0.755. The standard InChI is InChI=1S/C19H21N3OS/c1-12-10-16(15-9-8-13(2)21-18(15)11-12)14(3)22-17-6-4-5-7-19(17)24(20)23/h4-11,14,22H,20H2,1-3H3. The van der Waals surface area contributed by atoms with Crippen LogP contribution in [-0.2, 0) is 11.0 Å². The van der Waals surface area contributed by atoms with Gasteiger partial charge in [-0.2, -0.15) is 0 Å². The van der Waals surface area contributed by atoms with Crippen molar-refractivity contribution in [2.75, 3.05) is 5.32 Å². The third kappa shape index (κ3) is 3.32. The van der Waals surface area contributed by atoms with Crippen LogP contribution < -0.4 is 10.5 Å². The minimum atomic E-state index is -1.52. The number of aryl methyl sites for hydroxylation is 2. The Morgan fingerprint density at radius 2 is 1.88 bits per heavy atom. The number of para-hydroxylation sites is 1. The van der Waals surface area contributed by atoms with Crippen molar-refractivity contribution < 1.29 is 4.21 Å². The molecule has 0 radical (unpaired) electrons. The average Bonchev–Trinajstić information content (AvgIpc) is 2.53. The van der Waals surface area contributed by atoms with E-state index in [1.807, 2.05) is 31.2 Å². The summed E-state index contributed by atoms with van der Waals surface area (Å²) in [4.78, 5) is 5.24. The van der Waals surface area contributed by atoms with Gasteiger partial charge in [0.25, 0.3) is 0 Å². The van der Waals surface area contributed by atoms with E-state index in [0.29, 0.717) is 4.90 Å². The van der Waals surface area contributed by atoms with Crippen molar-refractivity contribution in [2.45, 2.75) is 31.7 Å². The number of nitrogens with two attached hydrogens (primary N) is 1. The highest BCUT2D eigenvalue weighted by Gasteiger charge is 2.14. The fourth-order valence-electron chi connectivity index (χ4n) is 2.94. The van der Waals surface area contributed by atoms with Gasteiger partial charge < -0.3 is 5.32 Å². The van der Waals surface area contributed by atoms with Crippen molar-refractivity contribution in [3.05, 3.63) is 65.4 Å². The topological polar surface area (TPSA) is 68.0 Å². The van der Waals surface area contributed by atoms with Crippen LogP contribution in [0.25, 0.3) is 10.9 Å². The molecule has 1 aromatic heterocycles. The van der Waals surface area contributed by atoms with Gasteiger partial charge in [-0.1, -0.05) is 24.3 Å². The highest BCUT2D eigenvalue weighted by Crippen LogP contribution is 2.29. The number of rotatable bonds is 4. The monoisotopic (exact) mass is 339 g/mol. The van der Waals surface area contributed by atoms with Gasteiger partial charge in [0.15, 0.2) is 0 Å². The smallest absolute Gasteiger partial charge is 0.124 e. The van der Waals surface area contributed by atoms with E-state index in [1.54, 1.807) is 6.07 Å². The van der Waals surface area contributed by atoms with Gasteiger partial charge in [-0.15, -0.1) is 0 Å². The Labute approximate surface area is 144 Å². The Balaban J connectivity index is 2.03. The van der Waals surface area contributed by atoms with Gasteiger partial charge in [0.1, 0.15) is 11.0 Å². The molecule has 2 atom stereocenters. The molecule has 24 heavy (non-hydrogen) atoms. The molecule has 0 spiro atoms. The van der Waals surface area contributed by atoms with Crippen LogP contribution in [0, 0.1) is 13.8 Å². The van der Waals surface area contributed by atoms with Crippen molar-refractivity contribution in [3.63, 3.8) is 0 Å². The van der Waals surface area contributed by atoms with Crippen LogP contribution in [0.4, 0.5) is 5.69 Å². The molecule has 0 amide bonds. The molecule has 0 aliphatic rings. The number of fused-ring (bicyclic) bond motifs is 1. The molecule has 0 aliphatic carbocycles. The van der Waals surface area contributed by atoms with Crippen molar-refractivity contribution in [1.82, 2.24) is 4.98 Å². The normalized spacial score (nSPS) is 13.7. The summed E-state index contributed by atoms with van der Waals surface area (Å²) in [6, 6.07) is 15.9. The van der Waals surface area contributed by atoms with Gasteiger partial charge in [-0.3, -0.25) is 4.98 Å². The lowest BCUT2D eigenvalue weighted by Crippen LogP contribution is -2.12. The largest absolute Gasteiger partial charge is 0.377 e. The summed E-state index contributed by atoms with van der Waals surface area (Å²) < 4.78 is 11.7. The van der Waals surface area contributed by atoms with Gasteiger partial charge in [0.2, 0.25) is 0 Å². The van der Waals surface area contributed by atoms with Crippen LogP contribution >= 0.6 is 0 Å². The summed E-state index contributed by atoms with van der Waals surface area (Å²) in [5.41, 5.74) is 5.12. The Kier molecular flexibility index (Phi) is 4.64. The second-order valence-electron chi connectivity index (χ2n) is 6.03. The number of pyridine rings is 1. The molecule has 1 heterocycles. The summed E-state index contributed by atoms with van der Waals surface area (Å²) in [5.74, 6) is 0. The number of aromatic nitrogens is 1. The first-order chi connectivity index (χ1) is 11.5. The molecule has 0 bridgehead atoms. The Hall–Kier alpha value is -2.24. The summed E-state index contributed by atoms with van der Waals surface area (Å²) >= 11 is 0. The summed E-state index contributed by atoms with van der Waals surface area (Å²) in [6.45, 7) is 6.16. The third-order valence-electron chi connectivity index (χ3n) is 4.06. The number of hydrogen-bond acceptors (Lipinski definition) is 3. The van der Waals surface area contributed by atoms with E-state index in [0.717, 1.165) is 27.8 Å². The zero-order valence-corrected chi connectivity index (χ0v) is 14.9. The predicted octanol–water partition coefficient (Wildman–Crippen LogP) is 4.01. The zero-order valence-electron chi connectivity index (χ0n) is 14.0. The van der Waals surface area contributed by atoms with Crippen LogP contribution in [0.3, 0.4) is 0 Å². The first-order valence-corrected chi connectivity index (χ1v) is 9.06. The Bertz CT molecular complexity index is 918. The van der Waals surface area contributed by atoms with Crippen molar-refractivity contribution in [3.8, 4) is 0 Å². The first-order valence-electron chi connectivity index (χ1n) is 7.85. The predicted molar refractivity (Wildman–Crippen MR) is 100 cm³/mol. The van der Waals surface area contributed by atoms with Crippen molar-refractivity contribution >= 4 is 27.6 Å². The molecular formula is C19H21N3OS. The van der Waals surface area contributed by atoms with Crippen LogP contribution in [0.15, 0.2) is 53.4 Å². The molecule has 124 valence electrons. The average molecular weight is 339 g/mol. The van der Waals surface area contributed by atoms with Crippen LogP contribution in [0.2, 0.25) is 0 Å². The van der Waals surface area contributed by atoms with E-state index in [2.05, 4.69) is 42.3 Å². The fourth-order valence-corrected chi connectivity index (χ4v) is 3.50. The maximum absolute atomic E-state index is 11.7. The minimum absolute atomic E-state index is 0.0293. The van der Waals surface area contributed by atoms with Crippen LogP contribution in [-0.4, -0.2) is 9.19 Å². The summed E-state index contributed by atoms with van der Waals surface area (Å²) in [5, 5.41) is 10.1. The van der Waals surface area contributed by atoms with E-state index < -0.39 is 11.0 Å². The van der Waals surface area contributed by atoms with Crippen LogP contribution in [0.1, 0.15) is 29.8 Å². The van der Waals surface area contributed by atoms with Crippen molar-refractivity contribution in [1.29, 1.82) is 0 Å². The molecule has 3 aromatic rings. The summed E-state index contributed by atoms with van der Waals surface area (Å²) in [6.07, 6.45) is 0. The SMILES string of the molecule is Cc1cc(C(C)Nc2ccccc2S(N)=O)c2ccc(C)nc2c1. The molecule has 4 nitrogen and oxygen atoms in total. The highest BCUT2D eigenvalue weighted by molar-refractivity contribution is 7.82. The second kappa shape index (κ2) is 6.71.